The number of aryl methyl sites for hydroxylation is 1. The van der Waals surface area contributed by atoms with Gasteiger partial charge in [-0.3, -0.25) is 9.59 Å². The van der Waals surface area contributed by atoms with Crippen molar-refractivity contribution in [3.05, 3.63) is 47.5 Å². The van der Waals surface area contributed by atoms with E-state index in [0.29, 0.717) is 5.69 Å². The SMILES string of the molecule is CC(=O)N1CCC(n2c(C)nc(C(=O)Nc3ccccc3)c2C)CC1. The van der Waals surface area contributed by atoms with Gasteiger partial charge in [0.2, 0.25) is 5.91 Å². The van der Waals surface area contributed by atoms with Crippen molar-refractivity contribution in [2.24, 2.45) is 0 Å². The molecule has 1 aromatic carbocycles. The second-order valence-corrected chi connectivity index (χ2v) is 6.52. The molecule has 6 heteroatoms. The molecule has 2 aromatic rings. The number of nitrogens with zero attached hydrogens (tertiary/aromatic N) is 3. The molecule has 0 bridgehead atoms. The minimum Gasteiger partial charge on any atom is -0.343 e. The molecule has 1 N–H and O–H groups in total. The van der Waals surface area contributed by atoms with E-state index < -0.39 is 0 Å². The number of carbonyl (C=O) groups excluding carboxylic acids is 2. The van der Waals surface area contributed by atoms with E-state index in [9.17, 15) is 9.59 Å². The van der Waals surface area contributed by atoms with Crippen LogP contribution in [-0.4, -0.2) is 39.4 Å². The number of imidazole rings is 1. The lowest BCUT2D eigenvalue weighted by Gasteiger charge is -2.33. The zero-order chi connectivity index (χ0) is 18.0. The molecule has 1 saturated heterocycles. The Morgan fingerprint density at radius 3 is 2.36 bits per heavy atom. The van der Waals surface area contributed by atoms with Gasteiger partial charge in [-0.25, -0.2) is 4.98 Å². The maximum atomic E-state index is 12.6. The topological polar surface area (TPSA) is 67.2 Å². The van der Waals surface area contributed by atoms with Crippen LogP contribution in [0.3, 0.4) is 0 Å². The lowest BCUT2D eigenvalue weighted by Crippen LogP contribution is -2.38. The number of carbonyl (C=O) groups is 2. The number of likely N-dealkylation sites (tertiary alicyclic amines) is 1. The molecule has 0 spiro atoms. The number of aromatic nitrogens is 2. The van der Waals surface area contributed by atoms with Gasteiger partial charge in [-0.15, -0.1) is 0 Å². The Balaban J connectivity index is 1.77. The smallest absolute Gasteiger partial charge is 0.276 e. The van der Waals surface area contributed by atoms with Crippen LogP contribution in [0.1, 0.15) is 47.8 Å². The first-order chi connectivity index (χ1) is 12.0. The fraction of sp³-hybridized carbons (Fsp3) is 0.421. The second-order valence-electron chi connectivity index (χ2n) is 6.52. The molecule has 0 aliphatic carbocycles. The van der Waals surface area contributed by atoms with Crippen molar-refractivity contribution in [3.63, 3.8) is 0 Å². The molecular weight excluding hydrogens is 316 g/mol. The van der Waals surface area contributed by atoms with Gasteiger partial charge in [-0.2, -0.15) is 0 Å². The Hall–Kier alpha value is -2.63. The van der Waals surface area contributed by atoms with Crippen LogP contribution in [0.2, 0.25) is 0 Å². The predicted molar refractivity (Wildman–Crippen MR) is 96.6 cm³/mol. The summed E-state index contributed by atoms with van der Waals surface area (Å²) >= 11 is 0. The molecule has 132 valence electrons. The van der Waals surface area contributed by atoms with Crippen molar-refractivity contribution < 1.29 is 9.59 Å². The van der Waals surface area contributed by atoms with Gasteiger partial charge in [0, 0.05) is 37.4 Å². The number of hydrogen-bond donors (Lipinski definition) is 1. The van der Waals surface area contributed by atoms with Crippen LogP contribution >= 0.6 is 0 Å². The maximum absolute atomic E-state index is 12.6. The molecule has 1 fully saturated rings. The number of rotatable bonds is 3. The Morgan fingerprint density at radius 2 is 1.76 bits per heavy atom. The van der Waals surface area contributed by atoms with Crippen LogP contribution in [-0.2, 0) is 4.79 Å². The van der Waals surface area contributed by atoms with Crippen LogP contribution in [0.5, 0.6) is 0 Å². The van der Waals surface area contributed by atoms with Gasteiger partial charge in [0.15, 0.2) is 0 Å². The van der Waals surface area contributed by atoms with E-state index in [0.717, 1.165) is 43.1 Å². The summed E-state index contributed by atoms with van der Waals surface area (Å²) in [4.78, 5) is 30.5. The first-order valence-corrected chi connectivity index (χ1v) is 8.64. The highest BCUT2D eigenvalue weighted by molar-refractivity contribution is 6.03. The highest BCUT2D eigenvalue weighted by atomic mass is 16.2. The Labute approximate surface area is 147 Å². The Kier molecular flexibility index (Phi) is 4.88. The summed E-state index contributed by atoms with van der Waals surface area (Å²) in [5, 5.41) is 2.90. The van der Waals surface area contributed by atoms with Crippen LogP contribution in [0.4, 0.5) is 5.69 Å². The molecule has 2 amide bonds. The predicted octanol–water partition coefficient (Wildman–Crippen LogP) is 2.94. The van der Waals surface area contributed by atoms with Gasteiger partial charge in [-0.05, 0) is 38.8 Å². The molecule has 25 heavy (non-hydrogen) atoms. The van der Waals surface area contributed by atoms with Crippen LogP contribution < -0.4 is 5.32 Å². The highest BCUT2D eigenvalue weighted by Crippen LogP contribution is 2.27. The molecule has 0 radical (unpaired) electrons. The first kappa shape index (κ1) is 17.2. The number of piperidine rings is 1. The zero-order valence-electron chi connectivity index (χ0n) is 15.0. The lowest BCUT2D eigenvalue weighted by molar-refractivity contribution is -0.130. The summed E-state index contributed by atoms with van der Waals surface area (Å²) in [7, 11) is 0. The molecule has 6 nitrogen and oxygen atoms in total. The van der Waals surface area contributed by atoms with E-state index in [1.807, 2.05) is 49.1 Å². The molecular formula is C19H24N4O2. The van der Waals surface area contributed by atoms with E-state index in [1.165, 1.54) is 0 Å². The molecule has 2 heterocycles. The normalized spacial score (nSPS) is 15.2. The molecule has 1 aromatic heterocycles. The van der Waals surface area contributed by atoms with Crippen molar-refractivity contribution in [2.45, 2.75) is 39.7 Å². The minimum absolute atomic E-state index is 0.125. The Bertz CT molecular complexity index is 774. The van der Waals surface area contributed by atoms with Crippen LogP contribution in [0.15, 0.2) is 30.3 Å². The van der Waals surface area contributed by atoms with Crippen molar-refractivity contribution in [1.82, 2.24) is 14.5 Å². The number of nitrogens with one attached hydrogen (secondary N) is 1. The van der Waals surface area contributed by atoms with Gasteiger partial charge in [0.25, 0.3) is 5.91 Å². The third-order valence-electron chi connectivity index (χ3n) is 4.85. The monoisotopic (exact) mass is 340 g/mol. The van der Waals surface area contributed by atoms with E-state index >= 15 is 0 Å². The first-order valence-electron chi connectivity index (χ1n) is 8.64. The van der Waals surface area contributed by atoms with Crippen molar-refractivity contribution in [2.75, 3.05) is 18.4 Å². The summed E-state index contributed by atoms with van der Waals surface area (Å²) < 4.78 is 2.15. The summed E-state index contributed by atoms with van der Waals surface area (Å²) in [6.07, 6.45) is 1.77. The van der Waals surface area contributed by atoms with Gasteiger partial charge in [0.1, 0.15) is 11.5 Å². The summed E-state index contributed by atoms with van der Waals surface area (Å²) in [6.45, 7) is 6.99. The van der Waals surface area contributed by atoms with E-state index in [1.54, 1.807) is 6.92 Å². The van der Waals surface area contributed by atoms with Gasteiger partial charge >= 0.3 is 0 Å². The van der Waals surface area contributed by atoms with Gasteiger partial charge in [0.05, 0.1) is 0 Å². The Morgan fingerprint density at radius 1 is 1.12 bits per heavy atom. The summed E-state index contributed by atoms with van der Waals surface area (Å²) in [5.41, 5.74) is 2.11. The standard InChI is InChI=1S/C19H24N4O2/c1-13-18(19(25)21-16-7-5-4-6-8-16)20-14(2)23(13)17-9-11-22(12-10-17)15(3)24/h4-8,17H,9-12H2,1-3H3,(H,21,25). The minimum atomic E-state index is -0.188. The fourth-order valence-electron chi connectivity index (χ4n) is 3.56. The van der Waals surface area contributed by atoms with E-state index in [4.69, 9.17) is 0 Å². The maximum Gasteiger partial charge on any atom is 0.276 e. The number of para-hydroxylation sites is 1. The highest BCUT2D eigenvalue weighted by Gasteiger charge is 2.26. The van der Waals surface area contributed by atoms with Gasteiger partial charge < -0.3 is 14.8 Å². The number of amides is 2. The van der Waals surface area contributed by atoms with E-state index in [2.05, 4.69) is 14.9 Å². The quantitative estimate of drug-likeness (QED) is 0.934. The van der Waals surface area contributed by atoms with Crippen molar-refractivity contribution in [1.29, 1.82) is 0 Å². The third-order valence-corrected chi connectivity index (χ3v) is 4.85. The van der Waals surface area contributed by atoms with Crippen molar-refractivity contribution in [3.8, 4) is 0 Å². The molecule has 0 unspecified atom stereocenters. The molecule has 1 aliphatic heterocycles. The summed E-state index contributed by atoms with van der Waals surface area (Å²) in [5.74, 6) is 0.782. The largest absolute Gasteiger partial charge is 0.343 e. The van der Waals surface area contributed by atoms with Crippen LogP contribution in [0, 0.1) is 13.8 Å². The molecule has 1 aliphatic rings. The summed E-state index contributed by atoms with van der Waals surface area (Å²) in [6, 6.07) is 9.67. The number of anilines is 1. The zero-order valence-corrected chi connectivity index (χ0v) is 15.0. The van der Waals surface area contributed by atoms with Crippen molar-refractivity contribution >= 4 is 17.5 Å². The molecule has 3 rings (SSSR count). The third kappa shape index (κ3) is 3.57. The molecule has 0 saturated carbocycles. The average molecular weight is 340 g/mol. The lowest BCUT2D eigenvalue weighted by atomic mass is 10.0. The van der Waals surface area contributed by atoms with Gasteiger partial charge in [-0.1, -0.05) is 18.2 Å². The van der Waals surface area contributed by atoms with Crippen LogP contribution in [0.25, 0.3) is 0 Å². The second kappa shape index (κ2) is 7.09. The number of hydrogen-bond acceptors (Lipinski definition) is 3. The van der Waals surface area contributed by atoms with E-state index in [-0.39, 0.29) is 17.9 Å². The average Bonchev–Trinajstić information content (AvgIpc) is 2.90. The fourth-order valence-corrected chi connectivity index (χ4v) is 3.56. The molecule has 0 atom stereocenters. The number of benzene rings is 1.